The van der Waals surface area contributed by atoms with E-state index in [4.69, 9.17) is 22.1 Å². The Hall–Kier alpha value is -1.89. The predicted molar refractivity (Wildman–Crippen MR) is 69.6 cm³/mol. The molecule has 4 nitrogen and oxygen atoms in total. The van der Waals surface area contributed by atoms with E-state index < -0.39 is 11.7 Å². The quantitative estimate of drug-likeness (QED) is 0.925. The molecule has 0 bridgehead atoms. The molecule has 0 saturated heterocycles. The fourth-order valence-electron chi connectivity index (χ4n) is 1.76. The summed E-state index contributed by atoms with van der Waals surface area (Å²) in [6.07, 6.45) is -4.50. The molecule has 2 N–H and O–H groups in total. The van der Waals surface area contributed by atoms with Crippen LogP contribution in [0.5, 0.6) is 5.75 Å². The number of methoxy groups -OCH3 is 1. The summed E-state index contributed by atoms with van der Waals surface area (Å²) >= 11 is 5.95. The van der Waals surface area contributed by atoms with Crippen LogP contribution in [0, 0.1) is 0 Å². The predicted octanol–water partition coefficient (Wildman–Crippen LogP) is 3.35. The van der Waals surface area contributed by atoms with Crippen molar-refractivity contribution in [2.45, 2.75) is 6.18 Å². The third-order valence-corrected chi connectivity index (χ3v) is 3.07. The lowest BCUT2D eigenvalue weighted by Crippen LogP contribution is -2.06. The number of benzene rings is 1. The zero-order valence-corrected chi connectivity index (χ0v) is 11.4. The Balaban J connectivity index is 2.65. The highest BCUT2D eigenvalue weighted by Gasteiger charge is 2.33. The van der Waals surface area contributed by atoms with Crippen molar-refractivity contribution in [1.82, 2.24) is 9.78 Å². The monoisotopic (exact) mass is 305 g/mol. The minimum absolute atomic E-state index is 0.0112. The molecular weight excluding hydrogens is 295 g/mol. The van der Waals surface area contributed by atoms with Crippen LogP contribution in [-0.2, 0) is 13.2 Å². The summed E-state index contributed by atoms with van der Waals surface area (Å²) in [5, 5.41) is 3.99. The maximum atomic E-state index is 12.7. The highest BCUT2D eigenvalue weighted by molar-refractivity contribution is 6.33. The van der Waals surface area contributed by atoms with Crippen molar-refractivity contribution >= 4 is 17.4 Å². The van der Waals surface area contributed by atoms with Gasteiger partial charge in [-0.05, 0) is 12.1 Å². The molecule has 0 aliphatic heterocycles. The summed E-state index contributed by atoms with van der Waals surface area (Å²) in [5.41, 5.74) is 5.39. The van der Waals surface area contributed by atoms with E-state index in [2.05, 4.69) is 5.10 Å². The fourth-order valence-corrected chi connectivity index (χ4v) is 2.07. The summed E-state index contributed by atoms with van der Waals surface area (Å²) in [6.45, 7) is 0. The molecule has 0 fully saturated rings. The van der Waals surface area contributed by atoms with E-state index in [1.54, 1.807) is 7.05 Å². The van der Waals surface area contributed by atoms with Crippen molar-refractivity contribution in [3.8, 4) is 17.0 Å². The highest BCUT2D eigenvalue weighted by atomic mass is 35.5. The van der Waals surface area contributed by atoms with Crippen molar-refractivity contribution in [2.24, 2.45) is 7.05 Å². The zero-order valence-electron chi connectivity index (χ0n) is 10.6. The first kappa shape index (κ1) is 14.5. The van der Waals surface area contributed by atoms with E-state index in [9.17, 15) is 13.2 Å². The van der Waals surface area contributed by atoms with E-state index in [0.717, 1.165) is 12.1 Å². The van der Waals surface area contributed by atoms with E-state index in [1.807, 2.05) is 0 Å². The molecule has 0 aliphatic rings. The molecule has 2 rings (SSSR count). The molecule has 0 aliphatic carbocycles. The van der Waals surface area contributed by atoms with Crippen molar-refractivity contribution in [2.75, 3.05) is 12.8 Å². The third kappa shape index (κ3) is 2.53. The second kappa shape index (κ2) is 4.90. The summed E-state index contributed by atoms with van der Waals surface area (Å²) in [7, 11) is 2.88. The van der Waals surface area contributed by atoms with Crippen LogP contribution in [0.4, 0.5) is 19.0 Å². The molecule has 0 spiro atoms. The van der Waals surface area contributed by atoms with Crippen LogP contribution >= 0.6 is 11.6 Å². The van der Waals surface area contributed by atoms with E-state index in [-0.39, 0.29) is 16.3 Å². The van der Waals surface area contributed by atoms with Crippen LogP contribution < -0.4 is 10.5 Å². The molecule has 0 saturated carbocycles. The van der Waals surface area contributed by atoms with Gasteiger partial charge < -0.3 is 10.5 Å². The van der Waals surface area contributed by atoms with Crippen LogP contribution in [0.1, 0.15) is 5.56 Å². The van der Waals surface area contributed by atoms with Crippen LogP contribution in [0.25, 0.3) is 11.3 Å². The average molecular weight is 306 g/mol. The largest absolute Gasteiger partial charge is 0.496 e. The number of hydrogen-bond acceptors (Lipinski definition) is 3. The maximum Gasteiger partial charge on any atom is 0.416 e. The molecule has 0 atom stereocenters. The first-order chi connectivity index (χ1) is 9.24. The standard InChI is InChI=1S/C12H11ClF3N3O/c1-19-10(17)5-8(18-19)11-7(13)3-6(12(14,15)16)4-9(11)20-2/h3-5H,17H2,1-2H3. The average Bonchev–Trinajstić information content (AvgIpc) is 2.66. The van der Waals surface area contributed by atoms with Gasteiger partial charge in [-0.25, -0.2) is 0 Å². The molecule has 0 radical (unpaired) electrons. The molecule has 2 aromatic rings. The number of nitrogens with two attached hydrogens (primary N) is 1. The van der Waals surface area contributed by atoms with E-state index >= 15 is 0 Å². The number of halogens is 4. The molecule has 108 valence electrons. The molecule has 1 aromatic carbocycles. The van der Waals surface area contributed by atoms with Gasteiger partial charge in [0.2, 0.25) is 0 Å². The van der Waals surface area contributed by atoms with Gasteiger partial charge in [0.25, 0.3) is 0 Å². The molecular formula is C12H11ClF3N3O. The zero-order chi connectivity index (χ0) is 15.1. The molecule has 1 aromatic heterocycles. The Labute approximate surface area is 117 Å². The van der Waals surface area contributed by atoms with Gasteiger partial charge in [0.15, 0.2) is 0 Å². The van der Waals surface area contributed by atoms with Crippen LogP contribution in [0.2, 0.25) is 5.02 Å². The number of aryl methyl sites for hydroxylation is 1. The van der Waals surface area contributed by atoms with Gasteiger partial charge in [-0.15, -0.1) is 0 Å². The second-order valence-corrected chi connectivity index (χ2v) is 4.52. The number of anilines is 1. The smallest absolute Gasteiger partial charge is 0.416 e. The number of alkyl halides is 3. The van der Waals surface area contributed by atoms with Gasteiger partial charge in [0.05, 0.1) is 29.0 Å². The maximum absolute atomic E-state index is 12.7. The Morgan fingerprint density at radius 1 is 1.30 bits per heavy atom. The summed E-state index contributed by atoms with van der Waals surface area (Å²) < 4.78 is 44.6. The van der Waals surface area contributed by atoms with E-state index in [1.165, 1.54) is 17.9 Å². The number of rotatable bonds is 2. The van der Waals surface area contributed by atoms with Gasteiger partial charge in [-0.2, -0.15) is 18.3 Å². The lowest BCUT2D eigenvalue weighted by Gasteiger charge is -2.13. The summed E-state index contributed by atoms with van der Waals surface area (Å²) in [5.74, 6) is 0.348. The molecule has 8 heteroatoms. The lowest BCUT2D eigenvalue weighted by atomic mass is 10.1. The molecule has 20 heavy (non-hydrogen) atoms. The third-order valence-electron chi connectivity index (χ3n) is 2.77. The van der Waals surface area contributed by atoms with Gasteiger partial charge in [0.1, 0.15) is 11.6 Å². The Morgan fingerprint density at radius 2 is 1.95 bits per heavy atom. The fraction of sp³-hybridized carbons (Fsp3) is 0.250. The SMILES string of the molecule is COc1cc(C(F)(F)F)cc(Cl)c1-c1cc(N)n(C)n1. The number of nitrogen functional groups attached to an aromatic ring is 1. The van der Waals surface area contributed by atoms with Crippen molar-refractivity contribution in [3.63, 3.8) is 0 Å². The Morgan fingerprint density at radius 3 is 2.40 bits per heavy atom. The van der Waals surface area contributed by atoms with Gasteiger partial charge in [-0.3, -0.25) is 4.68 Å². The molecule has 0 amide bonds. The normalized spacial score (nSPS) is 11.7. The summed E-state index contributed by atoms with van der Waals surface area (Å²) in [6, 6.07) is 3.23. The minimum atomic E-state index is -4.50. The van der Waals surface area contributed by atoms with Crippen LogP contribution in [0.3, 0.4) is 0 Å². The highest BCUT2D eigenvalue weighted by Crippen LogP contribution is 2.41. The van der Waals surface area contributed by atoms with Crippen molar-refractivity contribution in [1.29, 1.82) is 0 Å². The lowest BCUT2D eigenvalue weighted by molar-refractivity contribution is -0.137. The Bertz CT molecular complexity index is 633. The topological polar surface area (TPSA) is 53.1 Å². The first-order valence-corrected chi connectivity index (χ1v) is 5.86. The molecule has 0 unspecified atom stereocenters. The summed E-state index contributed by atoms with van der Waals surface area (Å²) in [4.78, 5) is 0. The van der Waals surface area contributed by atoms with Crippen LogP contribution in [0.15, 0.2) is 18.2 Å². The van der Waals surface area contributed by atoms with Gasteiger partial charge in [-0.1, -0.05) is 11.6 Å². The number of aromatic nitrogens is 2. The van der Waals surface area contributed by atoms with Gasteiger partial charge in [0, 0.05) is 13.1 Å². The second-order valence-electron chi connectivity index (χ2n) is 4.11. The van der Waals surface area contributed by atoms with Crippen molar-refractivity contribution in [3.05, 3.63) is 28.8 Å². The first-order valence-electron chi connectivity index (χ1n) is 5.48. The minimum Gasteiger partial charge on any atom is -0.496 e. The number of nitrogens with zero attached hydrogens (tertiary/aromatic N) is 2. The van der Waals surface area contributed by atoms with Crippen molar-refractivity contribution < 1.29 is 17.9 Å². The van der Waals surface area contributed by atoms with Gasteiger partial charge >= 0.3 is 6.18 Å². The van der Waals surface area contributed by atoms with E-state index in [0.29, 0.717) is 11.5 Å². The van der Waals surface area contributed by atoms with Crippen LogP contribution in [-0.4, -0.2) is 16.9 Å². The number of ether oxygens (including phenoxy) is 1. The molecule has 1 heterocycles. The number of hydrogen-bond donors (Lipinski definition) is 1. The Kier molecular flexibility index (Phi) is 3.56.